The molecule has 1 N–H and O–H groups in total. The summed E-state index contributed by atoms with van der Waals surface area (Å²) in [7, 11) is 0. The molecule has 0 aliphatic rings. The van der Waals surface area contributed by atoms with Gasteiger partial charge in [0, 0.05) is 5.02 Å². The number of aromatic nitrogens is 2. The maximum atomic E-state index is 6.02. The second-order valence-electron chi connectivity index (χ2n) is 4.72. The van der Waals surface area contributed by atoms with E-state index in [-0.39, 0.29) is 0 Å². The van der Waals surface area contributed by atoms with E-state index >= 15 is 0 Å². The van der Waals surface area contributed by atoms with Crippen molar-refractivity contribution in [2.24, 2.45) is 0 Å². The van der Waals surface area contributed by atoms with E-state index in [1.54, 1.807) is 0 Å². The molecule has 0 spiro atoms. The number of hydrogen-bond donors (Lipinski definition) is 1. The molecule has 2 nitrogen and oxygen atoms in total. The van der Waals surface area contributed by atoms with Gasteiger partial charge in [-0.3, -0.25) is 4.57 Å². The summed E-state index contributed by atoms with van der Waals surface area (Å²) in [5, 5.41) is 0.705. The minimum atomic E-state index is 0.686. The number of nitrogens with one attached hydrogen (secondary N) is 1. The normalized spacial score (nSPS) is 11.1. The van der Waals surface area contributed by atoms with Crippen LogP contribution < -0.4 is 0 Å². The Hall–Kier alpha value is -1.58. The first kappa shape index (κ1) is 12.5. The summed E-state index contributed by atoms with van der Waals surface area (Å²) in [5.74, 6) is 0. The molecule has 0 aliphatic heterocycles. The smallest absolute Gasteiger partial charge is 0.182 e. The zero-order valence-corrected chi connectivity index (χ0v) is 12.3. The monoisotopic (exact) mass is 288 g/mol. The summed E-state index contributed by atoms with van der Waals surface area (Å²) in [4.78, 5) is 3.21. The fourth-order valence-corrected chi connectivity index (χ4v) is 2.76. The molecule has 0 saturated heterocycles. The molecule has 19 heavy (non-hydrogen) atoms. The van der Waals surface area contributed by atoms with Crippen molar-refractivity contribution >= 4 is 34.9 Å². The second kappa shape index (κ2) is 4.51. The Morgan fingerprint density at radius 1 is 1.11 bits per heavy atom. The van der Waals surface area contributed by atoms with Crippen molar-refractivity contribution in [1.82, 2.24) is 9.55 Å². The predicted molar refractivity (Wildman–Crippen MR) is 82.9 cm³/mol. The fourth-order valence-electron chi connectivity index (χ4n) is 2.28. The minimum Gasteiger partial charge on any atom is -0.330 e. The molecular formula is C15H13ClN2S. The maximum Gasteiger partial charge on any atom is 0.182 e. The molecule has 3 aromatic rings. The number of halogens is 1. The number of fused-ring (bicyclic) bond motifs is 1. The SMILES string of the molecule is Cc1ccc(C)c(-n2c(=S)[nH]c3cc(Cl)ccc32)c1. The Labute approximate surface area is 121 Å². The standard InChI is InChI=1S/C15H13ClN2S/c1-9-3-4-10(2)14(7-9)18-13-6-5-11(16)8-12(13)17-15(18)19/h3-8H,1-2H3,(H,17,19). The van der Waals surface area contributed by atoms with Crippen LogP contribution in [0.5, 0.6) is 0 Å². The van der Waals surface area contributed by atoms with E-state index in [1.165, 1.54) is 11.1 Å². The molecule has 0 saturated carbocycles. The average Bonchev–Trinajstić information content (AvgIpc) is 2.67. The van der Waals surface area contributed by atoms with Gasteiger partial charge in [-0.25, -0.2) is 0 Å². The number of nitrogens with zero attached hydrogens (tertiary/aromatic N) is 1. The summed E-state index contributed by atoms with van der Waals surface area (Å²) in [6, 6.07) is 12.1. The second-order valence-corrected chi connectivity index (χ2v) is 5.54. The van der Waals surface area contributed by atoms with Crippen LogP contribution >= 0.6 is 23.8 Å². The summed E-state index contributed by atoms with van der Waals surface area (Å²) >= 11 is 11.5. The summed E-state index contributed by atoms with van der Waals surface area (Å²) in [6.07, 6.45) is 0. The number of aromatic amines is 1. The molecule has 0 radical (unpaired) electrons. The van der Waals surface area contributed by atoms with Gasteiger partial charge >= 0.3 is 0 Å². The van der Waals surface area contributed by atoms with Gasteiger partial charge in [-0.05, 0) is 61.5 Å². The zero-order chi connectivity index (χ0) is 13.6. The van der Waals surface area contributed by atoms with E-state index in [0.717, 1.165) is 16.7 Å². The number of hydrogen-bond acceptors (Lipinski definition) is 1. The lowest BCUT2D eigenvalue weighted by molar-refractivity contribution is 1.04. The highest BCUT2D eigenvalue weighted by Crippen LogP contribution is 2.25. The van der Waals surface area contributed by atoms with Crippen LogP contribution in [0.15, 0.2) is 36.4 Å². The topological polar surface area (TPSA) is 20.7 Å². The van der Waals surface area contributed by atoms with Crippen LogP contribution in [0.4, 0.5) is 0 Å². The zero-order valence-electron chi connectivity index (χ0n) is 10.7. The molecule has 3 rings (SSSR count). The van der Waals surface area contributed by atoms with Crippen LogP contribution in [0, 0.1) is 18.6 Å². The molecule has 4 heteroatoms. The Kier molecular flexibility index (Phi) is 2.96. The summed E-state index contributed by atoms with van der Waals surface area (Å²) < 4.78 is 2.74. The van der Waals surface area contributed by atoms with E-state index in [2.05, 4.69) is 41.6 Å². The first-order chi connectivity index (χ1) is 9.06. The largest absolute Gasteiger partial charge is 0.330 e. The molecule has 0 atom stereocenters. The highest BCUT2D eigenvalue weighted by Gasteiger charge is 2.09. The highest BCUT2D eigenvalue weighted by molar-refractivity contribution is 7.71. The first-order valence-electron chi connectivity index (χ1n) is 6.04. The summed E-state index contributed by atoms with van der Waals surface area (Å²) in [5.41, 5.74) is 5.52. The average molecular weight is 289 g/mol. The van der Waals surface area contributed by atoms with Crippen LogP contribution in [0.3, 0.4) is 0 Å². The van der Waals surface area contributed by atoms with Gasteiger partial charge in [0.25, 0.3) is 0 Å². The number of aryl methyl sites for hydroxylation is 2. The van der Waals surface area contributed by atoms with Gasteiger partial charge < -0.3 is 4.98 Å². The molecule has 0 amide bonds. The molecular weight excluding hydrogens is 276 g/mol. The lowest BCUT2D eigenvalue weighted by Gasteiger charge is -2.09. The van der Waals surface area contributed by atoms with E-state index in [0.29, 0.717) is 9.79 Å². The molecule has 0 fully saturated rings. The van der Waals surface area contributed by atoms with Gasteiger partial charge in [0.1, 0.15) is 0 Å². The Balaban J connectivity index is 2.39. The van der Waals surface area contributed by atoms with Crippen molar-refractivity contribution in [3.05, 3.63) is 57.3 Å². The van der Waals surface area contributed by atoms with Gasteiger partial charge in [-0.1, -0.05) is 23.7 Å². The van der Waals surface area contributed by atoms with E-state index in [4.69, 9.17) is 23.8 Å². The Morgan fingerprint density at radius 3 is 2.68 bits per heavy atom. The molecule has 2 aromatic carbocycles. The number of benzene rings is 2. The van der Waals surface area contributed by atoms with Crippen molar-refractivity contribution in [2.45, 2.75) is 13.8 Å². The lowest BCUT2D eigenvalue weighted by Crippen LogP contribution is -1.97. The molecule has 96 valence electrons. The van der Waals surface area contributed by atoms with Gasteiger partial charge in [0.05, 0.1) is 16.7 Å². The molecule has 1 heterocycles. The van der Waals surface area contributed by atoms with Crippen molar-refractivity contribution in [3.63, 3.8) is 0 Å². The van der Waals surface area contributed by atoms with Gasteiger partial charge in [-0.15, -0.1) is 0 Å². The highest BCUT2D eigenvalue weighted by atomic mass is 35.5. The third-order valence-electron chi connectivity index (χ3n) is 3.25. The molecule has 0 aliphatic carbocycles. The molecule has 0 bridgehead atoms. The summed E-state index contributed by atoms with van der Waals surface area (Å²) in [6.45, 7) is 4.17. The van der Waals surface area contributed by atoms with Crippen LogP contribution in [-0.4, -0.2) is 9.55 Å². The number of imidazole rings is 1. The van der Waals surface area contributed by atoms with Crippen molar-refractivity contribution in [1.29, 1.82) is 0 Å². The van der Waals surface area contributed by atoms with Crippen LogP contribution in [-0.2, 0) is 0 Å². The van der Waals surface area contributed by atoms with Gasteiger partial charge in [-0.2, -0.15) is 0 Å². The van der Waals surface area contributed by atoms with E-state index in [9.17, 15) is 0 Å². The maximum absolute atomic E-state index is 6.02. The Bertz CT molecular complexity index is 830. The predicted octanol–water partition coefficient (Wildman–Crippen LogP) is 4.96. The van der Waals surface area contributed by atoms with Gasteiger partial charge in [0.15, 0.2) is 4.77 Å². The number of rotatable bonds is 1. The van der Waals surface area contributed by atoms with Crippen LogP contribution in [0.25, 0.3) is 16.7 Å². The van der Waals surface area contributed by atoms with Crippen molar-refractivity contribution < 1.29 is 0 Å². The van der Waals surface area contributed by atoms with Crippen LogP contribution in [0.2, 0.25) is 5.02 Å². The fraction of sp³-hybridized carbons (Fsp3) is 0.133. The number of H-pyrrole nitrogens is 1. The molecule has 1 aromatic heterocycles. The van der Waals surface area contributed by atoms with Crippen LogP contribution in [0.1, 0.15) is 11.1 Å². The van der Waals surface area contributed by atoms with E-state index < -0.39 is 0 Å². The quantitative estimate of drug-likeness (QED) is 0.628. The minimum absolute atomic E-state index is 0.686. The van der Waals surface area contributed by atoms with Gasteiger partial charge in [0.2, 0.25) is 0 Å². The lowest BCUT2D eigenvalue weighted by atomic mass is 10.1. The third kappa shape index (κ3) is 2.09. The molecule has 0 unspecified atom stereocenters. The van der Waals surface area contributed by atoms with Crippen molar-refractivity contribution in [2.75, 3.05) is 0 Å². The first-order valence-corrected chi connectivity index (χ1v) is 6.83. The van der Waals surface area contributed by atoms with Crippen molar-refractivity contribution in [3.8, 4) is 5.69 Å². The Morgan fingerprint density at radius 2 is 1.89 bits per heavy atom. The third-order valence-corrected chi connectivity index (χ3v) is 3.77. The van der Waals surface area contributed by atoms with E-state index in [1.807, 2.05) is 18.2 Å².